The molecule has 1 aromatic rings. The summed E-state index contributed by atoms with van der Waals surface area (Å²) in [4.78, 5) is 11.9. The standard InChI is InChI=1S/C16H24BFN2O3/c1-4-16(2,3)15(21)20-7-5-6-19-14-8-11-10-23-17(22)12(11)9-13(14)18/h8-9,19,22H,4-7,10H2,1-3H3,(H,20,21). The number of nitrogens with one attached hydrogen (secondary N) is 2. The van der Waals surface area contributed by atoms with E-state index in [1.54, 1.807) is 6.07 Å². The van der Waals surface area contributed by atoms with Crippen molar-refractivity contribution in [3.8, 4) is 0 Å². The minimum absolute atomic E-state index is 0.0369. The molecule has 0 radical (unpaired) electrons. The number of carbonyl (C=O) groups is 1. The molecule has 0 spiro atoms. The van der Waals surface area contributed by atoms with Gasteiger partial charge in [0.25, 0.3) is 0 Å². The van der Waals surface area contributed by atoms with Crippen molar-refractivity contribution >= 4 is 24.2 Å². The highest BCUT2D eigenvalue weighted by molar-refractivity contribution is 6.61. The number of carbonyl (C=O) groups excluding carboxylic acids is 1. The van der Waals surface area contributed by atoms with Gasteiger partial charge in [0.15, 0.2) is 0 Å². The van der Waals surface area contributed by atoms with Crippen LogP contribution >= 0.6 is 0 Å². The summed E-state index contributed by atoms with van der Waals surface area (Å²) in [6.45, 7) is 7.19. The lowest BCUT2D eigenvalue weighted by Gasteiger charge is -2.21. The van der Waals surface area contributed by atoms with E-state index in [1.165, 1.54) is 6.07 Å². The van der Waals surface area contributed by atoms with Crippen LogP contribution in [0.5, 0.6) is 0 Å². The van der Waals surface area contributed by atoms with Crippen molar-refractivity contribution in [2.45, 2.75) is 40.2 Å². The minimum atomic E-state index is -1.04. The van der Waals surface area contributed by atoms with Crippen LogP contribution in [0.4, 0.5) is 10.1 Å². The number of amides is 1. The SMILES string of the molecule is CCC(C)(C)C(=O)NCCCNc1cc2c(cc1F)B(O)OC2. The second-order valence-electron chi connectivity index (χ2n) is 6.47. The van der Waals surface area contributed by atoms with E-state index < -0.39 is 12.9 Å². The fraction of sp³-hybridized carbons (Fsp3) is 0.562. The highest BCUT2D eigenvalue weighted by Gasteiger charge is 2.28. The number of anilines is 1. The van der Waals surface area contributed by atoms with Gasteiger partial charge in [-0.15, -0.1) is 0 Å². The van der Waals surface area contributed by atoms with Gasteiger partial charge in [0, 0.05) is 18.5 Å². The van der Waals surface area contributed by atoms with Gasteiger partial charge in [-0.05, 0) is 36.0 Å². The summed E-state index contributed by atoms with van der Waals surface area (Å²) >= 11 is 0. The van der Waals surface area contributed by atoms with Gasteiger partial charge in [0.1, 0.15) is 5.82 Å². The molecule has 0 bridgehead atoms. The predicted octanol–water partition coefficient (Wildman–Crippen LogP) is 1.40. The van der Waals surface area contributed by atoms with E-state index in [0.29, 0.717) is 30.7 Å². The lowest BCUT2D eigenvalue weighted by atomic mass is 9.79. The largest absolute Gasteiger partial charge is 0.491 e. The molecular weight excluding hydrogens is 298 g/mol. The van der Waals surface area contributed by atoms with Crippen molar-refractivity contribution in [3.63, 3.8) is 0 Å². The van der Waals surface area contributed by atoms with Crippen LogP contribution in [0.2, 0.25) is 0 Å². The number of rotatable bonds is 7. The molecular formula is C16H24BFN2O3. The quantitative estimate of drug-likeness (QED) is 0.524. The summed E-state index contributed by atoms with van der Waals surface area (Å²) in [5, 5.41) is 15.4. The molecule has 2 rings (SSSR count). The Hall–Kier alpha value is -1.60. The molecule has 0 aromatic heterocycles. The van der Waals surface area contributed by atoms with Gasteiger partial charge < -0.3 is 20.3 Å². The van der Waals surface area contributed by atoms with Crippen LogP contribution in [0.25, 0.3) is 0 Å². The minimum Gasteiger partial charge on any atom is -0.423 e. The molecule has 23 heavy (non-hydrogen) atoms. The van der Waals surface area contributed by atoms with Gasteiger partial charge >= 0.3 is 7.12 Å². The van der Waals surface area contributed by atoms with Gasteiger partial charge in [-0.25, -0.2) is 4.39 Å². The third-order valence-corrected chi connectivity index (χ3v) is 4.34. The van der Waals surface area contributed by atoms with Crippen LogP contribution in [0.15, 0.2) is 12.1 Å². The zero-order chi connectivity index (χ0) is 17.0. The molecule has 1 aliphatic rings. The fourth-order valence-corrected chi connectivity index (χ4v) is 2.30. The summed E-state index contributed by atoms with van der Waals surface area (Å²) in [7, 11) is -1.04. The predicted molar refractivity (Wildman–Crippen MR) is 89.0 cm³/mol. The Morgan fingerprint density at radius 2 is 2.17 bits per heavy atom. The zero-order valence-electron chi connectivity index (χ0n) is 13.9. The summed E-state index contributed by atoms with van der Waals surface area (Å²) in [6.07, 6.45) is 1.48. The van der Waals surface area contributed by atoms with Crippen LogP contribution in [-0.2, 0) is 16.1 Å². The normalized spacial score (nSPS) is 13.9. The van der Waals surface area contributed by atoms with Crippen LogP contribution in [-0.4, -0.2) is 31.1 Å². The third-order valence-electron chi connectivity index (χ3n) is 4.34. The molecule has 1 aromatic carbocycles. The molecule has 3 N–H and O–H groups in total. The highest BCUT2D eigenvalue weighted by atomic mass is 19.1. The molecule has 5 nitrogen and oxygen atoms in total. The summed E-state index contributed by atoms with van der Waals surface area (Å²) in [5.41, 5.74) is 1.31. The Kier molecular flexibility index (Phi) is 5.65. The van der Waals surface area contributed by atoms with Gasteiger partial charge in [-0.2, -0.15) is 0 Å². The number of fused-ring (bicyclic) bond motifs is 1. The Labute approximate surface area is 136 Å². The molecule has 126 valence electrons. The number of halogens is 1. The molecule has 1 aliphatic heterocycles. The molecule has 1 heterocycles. The lowest BCUT2D eigenvalue weighted by Crippen LogP contribution is -2.37. The van der Waals surface area contributed by atoms with Gasteiger partial charge in [0.05, 0.1) is 12.3 Å². The smallest absolute Gasteiger partial charge is 0.423 e. The van der Waals surface area contributed by atoms with Crippen molar-refractivity contribution in [1.82, 2.24) is 5.32 Å². The van der Waals surface area contributed by atoms with E-state index in [2.05, 4.69) is 10.6 Å². The average Bonchev–Trinajstić information content (AvgIpc) is 2.87. The lowest BCUT2D eigenvalue weighted by molar-refractivity contribution is -0.129. The second kappa shape index (κ2) is 7.32. The number of hydrogen-bond acceptors (Lipinski definition) is 4. The fourth-order valence-electron chi connectivity index (χ4n) is 2.30. The van der Waals surface area contributed by atoms with E-state index in [9.17, 15) is 14.2 Å². The first-order valence-corrected chi connectivity index (χ1v) is 7.99. The monoisotopic (exact) mass is 322 g/mol. The van der Waals surface area contributed by atoms with E-state index in [0.717, 1.165) is 12.0 Å². The third kappa shape index (κ3) is 4.23. The van der Waals surface area contributed by atoms with E-state index >= 15 is 0 Å². The Morgan fingerprint density at radius 1 is 1.43 bits per heavy atom. The van der Waals surface area contributed by atoms with Crippen LogP contribution in [0.3, 0.4) is 0 Å². The highest BCUT2D eigenvalue weighted by Crippen LogP contribution is 2.20. The van der Waals surface area contributed by atoms with Gasteiger partial charge in [0.2, 0.25) is 5.91 Å². The van der Waals surface area contributed by atoms with Crippen molar-refractivity contribution in [2.75, 3.05) is 18.4 Å². The Bertz CT molecular complexity index is 581. The summed E-state index contributed by atoms with van der Waals surface area (Å²) in [6, 6.07) is 2.97. The van der Waals surface area contributed by atoms with E-state index in [-0.39, 0.29) is 17.9 Å². The first-order valence-electron chi connectivity index (χ1n) is 7.99. The van der Waals surface area contributed by atoms with Crippen LogP contribution in [0.1, 0.15) is 39.2 Å². The summed E-state index contributed by atoms with van der Waals surface area (Å²) < 4.78 is 19.0. The second-order valence-corrected chi connectivity index (χ2v) is 6.47. The molecule has 0 fully saturated rings. The summed E-state index contributed by atoms with van der Waals surface area (Å²) in [5.74, 6) is -0.376. The first-order chi connectivity index (χ1) is 10.8. The maximum Gasteiger partial charge on any atom is 0.491 e. The van der Waals surface area contributed by atoms with E-state index in [4.69, 9.17) is 4.65 Å². The van der Waals surface area contributed by atoms with Crippen molar-refractivity contribution < 1.29 is 18.9 Å². The Balaban J connectivity index is 1.78. The van der Waals surface area contributed by atoms with Crippen LogP contribution < -0.4 is 16.1 Å². The van der Waals surface area contributed by atoms with E-state index in [1.807, 2.05) is 20.8 Å². The van der Waals surface area contributed by atoms with Crippen molar-refractivity contribution in [1.29, 1.82) is 0 Å². The average molecular weight is 322 g/mol. The van der Waals surface area contributed by atoms with Crippen molar-refractivity contribution in [3.05, 3.63) is 23.5 Å². The van der Waals surface area contributed by atoms with Gasteiger partial charge in [-0.3, -0.25) is 4.79 Å². The molecule has 0 atom stereocenters. The topological polar surface area (TPSA) is 70.6 Å². The number of benzene rings is 1. The zero-order valence-corrected chi connectivity index (χ0v) is 13.9. The van der Waals surface area contributed by atoms with Gasteiger partial charge in [-0.1, -0.05) is 20.8 Å². The van der Waals surface area contributed by atoms with Crippen molar-refractivity contribution in [2.24, 2.45) is 5.41 Å². The first kappa shape index (κ1) is 17.8. The molecule has 7 heteroatoms. The Morgan fingerprint density at radius 3 is 2.87 bits per heavy atom. The number of hydrogen-bond donors (Lipinski definition) is 3. The van der Waals surface area contributed by atoms with Crippen LogP contribution in [0, 0.1) is 11.2 Å². The molecule has 0 unspecified atom stereocenters. The maximum absolute atomic E-state index is 14.0. The molecule has 0 aliphatic carbocycles. The molecule has 0 saturated carbocycles. The molecule has 0 saturated heterocycles. The maximum atomic E-state index is 14.0. The molecule has 1 amide bonds.